The van der Waals surface area contributed by atoms with E-state index in [4.69, 9.17) is 0 Å². The van der Waals surface area contributed by atoms with Gasteiger partial charge in [-0.2, -0.15) is 0 Å². The number of rotatable bonds is 5. The first kappa shape index (κ1) is 13.6. The zero-order valence-corrected chi connectivity index (χ0v) is 10.5. The topological polar surface area (TPSA) is 41.1 Å². The van der Waals surface area contributed by atoms with Crippen molar-refractivity contribution in [1.29, 1.82) is 0 Å². The molecule has 0 spiro atoms. The van der Waals surface area contributed by atoms with Gasteiger partial charge in [0.05, 0.1) is 5.56 Å². The normalized spacial score (nSPS) is 10.6. The molecule has 0 saturated heterocycles. The van der Waals surface area contributed by atoms with E-state index in [0.29, 0.717) is 19.1 Å². The van der Waals surface area contributed by atoms with E-state index in [0.717, 1.165) is 5.56 Å². The van der Waals surface area contributed by atoms with E-state index in [9.17, 15) is 9.18 Å². The number of amides is 1. The number of carbonyl (C=O) groups is 1. The van der Waals surface area contributed by atoms with Gasteiger partial charge in [-0.15, -0.1) is 0 Å². The number of nitrogens with one attached hydrogen (secondary N) is 2. The molecule has 3 nitrogen and oxygen atoms in total. The molecule has 0 unspecified atom stereocenters. The van der Waals surface area contributed by atoms with Gasteiger partial charge in [0.1, 0.15) is 5.82 Å². The summed E-state index contributed by atoms with van der Waals surface area (Å²) in [6.45, 7) is 7.00. The van der Waals surface area contributed by atoms with Crippen LogP contribution in [-0.4, -0.2) is 18.5 Å². The minimum Gasteiger partial charge on any atom is -0.352 e. The van der Waals surface area contributed by atoms with Crippen molar-refractivity contribution in [3.05, 3.63) is 35.1 Å². The Kier molecular flexibility index (Phi) is 5.10. The van der Waals surface area contributed by atoms with Gasteiger partial charge in [-0.1, -0.05) is 19.9 Å². The molecular weight excluding hydrogens is 219 g/mol. The zero-order chi connectivity index (χ0) is 12.8. The molecule has 1 rings (SSSR count). The molecule has 0 aliphatic carbocycles. The molecule has 1 aromatic carbocycles. The maximum atomic E-state index is 13.5. The van der Waals surface area contributed by atoms with Crippen LogP contribution in [0.15, 0.2) is 18.2 Å². The van der Waals surface area contributed by atoms with E-state index >= 15 is 0 Å². The summed E-state index contributed by atoms with van der Waals surface area (Å²) in [4.78, 5) is 11.6. The third-order valence-electron chi connectivity index (χ3n) is 2.33. The Labute approximate surface area is 101 Å². The summed E-state index contributed by atoms with van der Waals surface area (Å²) in [7, 11) is 0. The Morgan fingerprint density at radius 2 is 2.12 bits per heavy atom. The molecule has 1 aromatic rings. The van der Waals surface area contributed by atoms with E-state index in [2.05, 4.69) is 10.6 Å². The Morgan fingerprint density at radius 3 is 2.71 bits per heavy atom. The first-order valence-electron chi connectivity index (χ1n) is 5.84. The Bertz CT molecular complexity index is 391. The molecule has 0 fully saturated rings. The van der Waals surface area contributed by atoms with E-state index < -0.39 is 5.82 Å². The highest BCUT2D eigenvalue weighted by Gasteiger charge is 2.11. The highest BCUT2D eigenvalue weighted by molar-refractivity contribution is 5.94. The standard InChI is InChI=1S/C13H19FN2O/c1-4-15-13(17)11-7-10(5-6-12(11)14)8-16-9(2)3/h5-7,9,16H,4,8H2,1-3H3,(H,15,17). The fourth-order valence-corrected chi connectivity index (χ4v) is 1.43. The summed E-state index contributed by atoms with van der Waals surface area (Å²) in [6, 6.07) is 4.97. The van der Waals surface area contributed by atoms with Crippen LogP contribution < -0.4 is 10.6 Å². The van der Waals surface area contributed by atoms with Crippen molar-refractivity contribution >= 4 is 5.91 Å². The Hall–Kier alpha value is -1.42. The lowest BCUT2D eigenvalue weighted by Crippen LogP contribution is -2.25. The van der Waals surface area contributed by atoms with Gasteiger partial charge in [0.25, 0.3) is 5.91 Å². The molecular formula is C13H19FN2O. The van der Waals surface area contributed by atoms with Crippen LogP contribution in [0.2, 0.25) is 0 Å². The molecule has 0 aliphatic heterocycles. The SMILES string of the molecule is CCNC(=O)c1cc(CNC(C)C)ccc1F. The quantitative estimate of drug-likeness (QED) is 0.824. The van der Waals surface area contributed by atoms with Crippen molar-refractivity contribution in [2.45, 2.75) is 33.4 Å². The van der Waals surface area contributed by atoms with Gasteiger partial charge in [0, 0.05) is 19.1 Å². The van der Waals surface area contributed by atoms with Gasteiger partial charge in [-0.25, -0.2) is 4.39 Å². The zero-order valence-electron chi connectivity index (χ0n) is 10.5. The minimum absolute atomic E-state index is 0.106. The smallest absolute Gasteiger partial charge is 0.254 e. The largest absolute Gasteiger partial charge is 0.352 e. The first-order valence-corrected chi connectivity index (χ1v) is 5.84. The van der Waals surface area contributed by atoms with Crippen LogP contribution >= 0.6 is 0 Å². The second-order valence-corrected chi connectivity index (χ2v) is 4.21. The van der Waals surface area contributed by atoms with Crippen molar-refractivity contribution in [2.24, 2.45) is 0 Å². The van der Waals surface area contributed by atoms with E-state index in [-0.39, 0.29) is 11.5 Å². The van der Waals surface area contributed by atoms with E-state index in [1.54, 1.807) is 19.1 Å². The fourth-order valence-electron chi connectivity index (χ4n) is 1.43. The van der Waals surface area contributed by atoms with Gasteiger partial charge in [-0.3, -0.25) is 4.79 Å². The van der Waals surface area contributed by atoms with E-state index in [1.807, 2.05) is 13.8 Å². The van der Waals surface area contributed by atoms with Crippen LogP contribution in [0.3, 0.4) is 0 Å². The third kappa shape index (κ3) is 4.15. The van der Waals surface area contributed by atoms with Crippen LogP contribution in [0.1, 0.15) is 36.7 Å². The molecule has 17 heavy (non-hydrogen) atoms. The van der Waals surface area contributed by atoms with Gasteiger partial charge in [0.15, 0.2) is 0 Å². The minimum atomic E-state index is -0.482. The average Bonchev–Trinajstić information content (AvgIpc) is 2.28. The second kappa shape index (κ2) is 6.35. The van der Waals surface area contributed by atoms with Crippen LogP contribution in [0.25, 0.3) is 0 Å². The fraction of sp³-hybridized carbons (Fsp3) is 0.462. The number of hydrogen-bond acceptors (Lipinski definition) is 2. The molecule has 94 valence electrons. The molecule has 0 aromatic heterocycles. The molecule has 0 heterocycles. The summed E-state index contributed by atoms with van der Waals surface area (Å²) in [5, 5.41) is 5.82. The van der Waals surface area contributed by atoms with Crippen LogP contribution in [0.5, 0.6) is 0 Å². The third-order valence-corrected chi connectivity index (χ3v) is 2.33. The van der Waals surface area contributed by atoms with Crippen LogP contribution in [-0.2, 0) is 6.54 Å². The van der Waals surface area contributed by atoms with Crippen molar-refractivity contribution in [2.75, 3.05) is 6.54 Å². The summed E-state index contributed by atoms with van der Waals surface area (Å²) >= 11 is 0. The monoisotopic (exact) mass is 238 g/mol. The molecule has 0 saturated carbocycles. The van der Waals surface area contributed by atoms with Crippen molar-refractivity contribution in [3.63, 3.8) is 0 Å². The van der Waals surface area contributed by atoms with Crippen molar-refractivity contribution in [1.82, 2.24) is 10.6 Å². The Morgan fingerprint density at radius 1 is 1.41 bits per heavy atom. The molecule has 0 bridgehead atoms. The Balaban J connectivity index is 2.82. The van der Waals surface area contributed by atoms with Crippen molar-refractivity contribution < 1.29 is 9.18 Å². The lowest BCUT2D eigenvalue weighted by atomic mass is 10.1. The predicted molar refractivity (Wildman–Crippen MR) is 66.4 cm³/mol. The molecule has 0 atom stereocenters. The summed E-state index contributed by atoms with van der Waals surface area (Å²) in [5.41, 5.74) is 1.01. The highest BCUT2D eigenvalue weighted by atomic mass is 19.1. The first-order chi connectivity index (χ1) is 8.04. The molecule has 4 heteroatoms. The van der Waals surface area contributed by atoms with Crippen molar-refractivity contribution in [3.8, 4) is 0 Å². The summed E-state index contributed by atoms with van der Waals surface area (Å²) in [6.07, 6.45) is 0. The lowest BCUT2D eigenvalue weighted by Gasteiger charge is -2.10. The highest BCUT2D eigenvalue weighted by Crippen LogP contribution is 2.10. The number of benzene rings is 1. The molecule has 2 N–H and O–H groups in total. The molecule has 0 aliphatic rings. The van der Waals surface area contributed by atoms with Gasteiger partial charge in [-0.05, 0) is 24.6 Å². The number of hydrogen-bond donors (Lipinski definition) is 2. The average molecular weight is 238 g/mol. The maximum absolute atomic E-state index is 13.5. The van der Waals surface area contributed by atoms with E-state index in [1.165, 1.54) is 6.07 Å². The number of halogens is 1. The molecule has 1 amide bonds. The maximum Gasteiger partial charge on any atom is 0.254 e. The van der Waals surface area contributed by atoms with Crippen LogP contribution in [0, 0.1) is 5.82 Å². The number of carbonyl (C=O) groups excluding carboxylic acids is 1. The molecule has 0 radical (unpaired) electrons. The van der Waals surface area contributed by atoms with Gasteiger partial charge >= 0.3 is 0 Å². The van der Waals surface area contributed by atoms with Gasteiger partial charge < -0.3 is 10.6 Å². The summed E-state index contributed by atoms with van der Waals surface area (Å²) < 4.78 is 13.5. The lowest BCUT2D eigenvalue weighted by molar-refractivity contribution is 0.0951. The predicted octanol–water partition coefficient (Wildman–Crippen LogP) is 2.07. The van der Waals surface area contributed by atoms with Crippen LogP contribution in [0.4, 0.5) is 4.39 Å². The summed E-state index contributed by atoms with van der Waals surface area (Å²) in [5.74, 6) is -0.847. The van der Waals surface area contributed by atoms with Gasteiger partial charge in [0.2, 0.25) is 0 Å². The second-order valence-electron chi connectivity index (χ2n) is 4.21.